The van der Waals surface area contributed by atoms with Crippen molar-refractivity contribution >= 4 is 17.5 Å². The first kappa shape index (κ1) is 19.5. The number of nitrogens with one attached hydrogen (secondary N) is 1. The molecular formula is C22H24N6O3. The summed E-state index contributed by atoms with van der Waals surface area (Å²) in [6.07, 6.45) is 7.96. The zero-order chi connectivity index (χ0) is 21.3. The van der Waals surface area contributed by atoms with Gasteiger partial charge in [-0.3, -0.25) is 4.79 Å². The minimum Gasteiger partial charge on any atom is -0.497 e. The standard InChI is InChI=1S/C22H24N6O3/c1-30-17-5-2-4-16(14-17)26-19(29)18-15-28-13-10-23-20(28)22(31-18)6-11-27(12-7-22)21-24-8-3-9-25-21/h2-5,8-10,13-14,18H,6-7,11-12,15H2,1H3,(H,26,29)/t18-/m0/s1. The van der Waals surface area contributed by atoms with Crippen LogP contribution < -0.4 is 15.0 Å². The fraction of sp³-hybridized carbons (Fsp3) is 0.364. The molecule has 0 saturated carbocycles. The molecule has 1 N–H and O–H groups in total. The summed E-state index contributed by atoms with van der Waals surface area (Å²) in [5, 5.41) is 2.96. The van der Waals surface area contributed by atoms with Crippen molar-refractivity contribution in [2.24, 2.45) is 0 Å². The van der Waals surface area contributed by atoms with Crippen LogP contribution in [0.25, 0.3) is 0 Å². The maximum absolute atomic E-state index is 13.1. The molecule has 9 nitrogen and oxygen atoms in total. The molecule has 0 unspecified atom stereocenters. The molecular weight excluding hydrogens is 396 g/mol. The second-order valence-corrected chi connectivity index (χ2v) is 7.76. The average Bonchev–Trinajstić information content (AvgIpc) is 3.30. The van der Waals surface area contributed by atoms with Crippen molar-refractivity contribution in [3.63, 3.8) is 0 Å². The third-order valence-corrected chi connectivity index (χ3v) is 5.89. The van der Waals surface area contributed by atoms with Gasteiger partial charge in [-0.2, -0.15) is 0 Å². The van der Waals surface area contributed by atoms with Crippen LogP contribution in [0.5, 0.6) is 5.75 Å². The Morgan fingerprint density at radius 3 is 2.74 bits per heavy atom. The molecule has 0 bridgehead atoms. The Morgan fingerprint density at radius 1 is 1.16 bits per heavy atom. The van der Waals surface area contributed by atoms with Crippen LogP contribution in [-0.4, -0.2) is 51.7 Å². The van der Waals surface area contributed by atoms with E-state index in [0.717, 1.165) is 18.9 Å². The van der Waals surface area contributed by atoms with Crippen LogP contribution in [0, 0.1) is 0 Å². The number of hydrogen-bond acceptors (Lipinski definition) is 7. The highest BCUT2D eigenvalue weighted by Crippen LogP contribution is 2.40. The van der Waals surface area contributed by atoms with E-state index in [1.54, 1.807) is 31.8 Å². The predicted molar refractivity (Wildman–Crippen MR) is 114 cm³/mol. The molecule has 9 heteroatoms. The number of benzene rings is 1. The lowest BCUT2D eigenvalue weighted by Crippen LogP contribution is -2.53. The number of imidazole rings is 1. The summed E-state index contributed by atoms with van der Waals surface area (Å²) in [6, 6.07) is 9.11. The van der Waals surface area contributed by atoms with E-state index in [0.29, 0.717) is 36.8 Å². The maximum atomic E-state index is 13.1. The summed E-state index contributed by atoms with van der Waals surface area (Å²) in [4.78, 5) is 28.5. The minimum atomic E-state index is -0.618. The lowest BCUT2D eigenvalue weighted by Gasteiger charge is -2.45. The zero-order valence-electron chi connectivity index (χ0n) is 17.3. The van der Waals surface area contributed by atoms with Crippen molar-refractivity contribution in [1.29, 1.82) is 0 Å². The molecule has 1 saturated heterocycles. The van der Waals surface area contributed by atoms with E-state index in [-0.39, 0.29) is 5.91 Å². The Hall–Kier alpha value is -3.46. The minimum absolute atomic E-state index is 0.180. The van der Waals surface area contributed by atoms with Gasteiger partial charge in [-0.1, -0.05) is 6.07 Å². The number of ether oxygens (including phenoxy) is 2. The molecule has 2 aliphatic heterocycles. The molecule has 3 aromatic rings. The number of fused-ring (bicyclic) bond motifs is 2. The largest absolute Gasteiger partial charge is 0.497 e. The number of nitrogens with zero attached hydrogens (tertiary/aromatic N) is 5. The molecule has 0 radical (unpaired) electrons. The predicted octanol–water partition coefficient (Wildman–Crippen LogP) is 2.21. The normalized spacial score (nSPS) is 19.6. The molecule has 1 amide bonds. The summed E-state index contributed by atoms with van der Waals surface area (Å²) < 4.78 is 13.8. The fourth-order valence-electron chi connectivity index (χ4n) is 4.32. The summed E-state index contributed by atoms with van der Waals surface area (Å²) in [7, 11) is 1.60. The molecule has 160 valence electrons. The number of carbonyl (C=O) groups excluding carboxylic acids is 1. The van der Waals surface area contributed by atoms with E-state index in [9.17, 15) is 4.79 Å². The van der Waals surface area contributed by atoms with Gasteiger partial charge < -0.3 is 24.3 Å². The van der Waals surface area contributed by atoms with Crippen molar-refractivity contribution < 1.29 is 14.3 Å². The van der Waals surface area contributed by atoms with Crippen LogP contribution in [0.3, 0.4) is 0 Å². The summed E-state index contributed by atoms with van der Waals surface area (Å²) in [5.74, 6) is 2.10. The van der Waals surface area contributed by atoms with Crippen LogP contribution in [0.4, 0.5) is 11.6 Å². The first-order valence-electron chi connectivity index (χ1n) is 10.3. The molecule has 31 heavy (non-hydrogen) atoms. The third kappa shape index (κ3) is 3.72. The van der Waals surface area contributed by atoms with E-state index < -0.39 is 11.7 Å². The Bertz CT molecular complexity index is 1060. The van der Waals surface area contributed by atoms with E-state index in [1.807, 2.05) is 35.0 Å². The van der Waals surface area contributed by atoms with E-state index in [1.165, 1.54) is 0 Å². The highest BCUT2D eigenvalue weighted by molar-refractivity contribution is 5.94. The van der Waals surface area contributed by atoms with Crippen LogP contribution in [0.2, 0.25) is 0 Å². The number of anilines is 2. The quantitative estimate of drug-likeness (QED) is 0.692. The maximum Gasteiger partial charge on any atom is 0.255 e. The van der Waals surface area contributed by atoms with E-state index in [4.69, 9.17) is 9.47 Å². The first-order valence-corrected chi connectivity index (χ1v) is 10.3. The lowest BCUT2D eigenvalue weighted by atomic mass is 9.88. The summed E-state index contributed by atoms with van der Waals surface area (Å²) in [5.41, 5.74) is 0.0677. The number of carbonyl (C=O) groups is 1. The molecule has 1 atom stereocenters. The van der Waals surface area contributed by atoms with Crippen LogP contribution in [0.15, 0.2) is 55.1 Å². The number of hydrogen-bond donors (Lipinski definition) is 1. The molecule has 0 aliphatic carbocycles. The second kappa shape index (κ2) is 7.99. The van der Waals surface area contributed by atoms with Crippen LogP contribution >= 0.6 is 0 Å². The Labute approximate surface area is 180 Å². The first-order chi connectivity index (χ1) is 15.2. The third-order valence-electron chi connectivity index (χ3n) is 5.89. The van der Waals surface area contributed by atoms with Gasteiger partial charge in [-0.25, -0.2) is 15.0 Å². The average molecular weight is 420 g/mol. The number of methoxy groups -OCH3 is 1. The monoisotopic (exact) mass is 420 g/mol. The van der Waals surface area contributed by atoms with Crippen molar-refractivity contribution in [1.82, 2.24) is 19.5 Å². The van der Waals surface area contributed by atoms with Gasteiger partial charge in [0.25, 0.3) is 5.91 Å². The number of amides is 1. The van der Waals surface area contributed by atoms with Gasteiger partial charge in [-0.05, 0) is 18.2 Å². The van der Waals surface area contributed by atoms with Gasteiger partial charge in [0.15, 0.2) is 6.10 Å². The van der Waals surface area contributed by atoms with Gasteiger partial charge in [0.05, 0.1) is 13.7 Å². The van der Waals surface area contributed by atoms with Gasteiger partial charge in [0, 0.05) is 62.5 Å². The highest BCUT2D eigenvalue weighted by atomic mass is 16.5. The number of rotatable bonds is 4. The second-order valence-electron chi connectivity index (χ2n) is 7.76. The number of piperidine rings is 1. The number of aromatic nitrogens is 4. The fourth-order valence-corrected chi connectivity index (χ4v) is 4.32. The van der Waals surface area contributed by atoms with Gasteiger partial charge >= 0.3 is 0 Å². The van der Waals surface area contributed by atoms with Crippen molar-refractivity contribution in [2.45, 2.75) is 31.1 Å². The van der Waals surface area contributed by atoms with Gasteiger partial charge in [-0.15, -0.1) is 0 Å². The summed E-state index contributed by atoms with van der Waals surface area (Å²) >= 11 is 0. The Balaban J connectivity index is 1.34. The Morgan fingerprint density at radius 2 is 1.97 bits per heavy atom. The smallest absolute Gasteiger partial charge is 0.255 e. The molecule has 5 rings (SSSR count). The lowest BCUT2D eigenvalue weighted by molar-refractivity contribution is -0.162. The van der Waals surface area contributed by atoms with Crippen LogP contribution in [-0.2, 0) is 21.7 Å². The molecule has 4 heterocycles. The molecule has 1 aromatic carbocycles. The zero-order valence-corrected chi connectivity index (χ0v) is 17.3. The van der Waals surface area contributed by atoms with Crippen molar-refractivity contribution in [3.8, 4) is 5.75 Å². The van der Waals surface area contributed by atoms with Gasteiger partial charge in [0.1, 0.15) is 17.2 Å². The molecule has 2 aromatic heterocycles. The van der Waals surface area contributed by atoms with Crippen molar-refractivity contribution in [3.05, 3.63) is 60.9 Å². The molecule has 2 aliphatic rings. The molecule has 1 fully saturated rings. The topological polar surface area (TPSA) is 94.4 Å². The van der Waals surface area contributed by atoms with Crippen LogP contribution in [0.1, 0.15) is 18.7 Å². The van der Waals surface area contributed by atoms with E-state index >= 15 is 0 Å². The Kier molecular flexibility index (Phi) is 5.03. The van der Waals surface area contributed by atoms with Gasteiger partial charge in [0.2, 0.25) is 5.95 Å². The van der Waals surface area contributed by atoms with E-state index in [2.05, 4.69) is 25.2 Å². The molecule has 1 spiro atoms. The van der Waals surface area contributed by atoms with Crippen molar-refractivity contribution in [2.75, 3.05) is 30.4 Å². The SMILES string of the molecule is COc1cccc(NC(=O)[C@@H]2Cn3ccnc3C3(CCN(c4ncccn4)CC3)O2)c1. The summed E-state index contributed by atoms with van der Waals surface area (Å²) in [6.45, 7) is 1.88. The highest BCUT2D eigenvalue weighted by Gasteiger charge is 2.47.